The molecule has 1 amide bonds. The molecule has 0 fully saturated rings. The topological polar surface area (TPSA) is 58.6 Å². The Morgan fingerprint density at radius 2 is 1.63 bits per heavy atom. The number of carbonyl (C=O) groups excluding carboxylic acids is 1. The van der Waals surface area contributed by atoms with Gasteiger partial charge in [0.1, 0.15) is 12.4 Å². The van der Waals surface area contributed by atoms with Crippen molar-refractivity contribution in [1.29, 1.82) is 0 Å². The predicted molar refractivity (Wildman–Crippen MR) is 105 cm³/mol. The highest BCUT2D eigenvalue weighted by Crippen LogP contribution is 2.44. The molecule has 3 aromatic rings. The molecule has 4 heteroatoms. The number of amides is 1. The smallest absolute Gasteiger partial charge is 0.407 e. The van der Waals surface area contributed by atoms with Gasteiger partial charge in [-0.25, -0.2) is 4.79 Å². The Balaban J connectivity index is 1.43. The van der Waals surface area contributed by atoms with Gasteiger partial charge in [-0.3, -0.25) is 0 Å². The average Bonchev–Trinajstić information content (AvgIpc) is 3.01. The monoisotopic (exact) mass is 359 g/mol. The van der Waals surface area contributed by atoms with E-state index in [0.717, 1.165) is 5.56 Å². The highest BCUT2D eigenvalue weighted by molar-refractivity contribution is 5.79. The maximum Gasteiger partial charge on any atom is 0.407 e. The lowest BCUT2D eigenvalue weighted by molar-refractivity contribution is 0.142. The summed E-state index contributed by atoms with van der Waals surface area (Å²) < 4.78 is 5.50. The summed E-state index contributed by atoms with van der Waals surface area (Å²) in [4.78, 5) is 12.2. The summed E-state index contributed by atoms with van der Waals surface area (Å²) in [6, 6.07) is 21.8. The van der Waals surface area contributed by atoms with E-state index in [1.807, 2.05) is 43.3 Å². The summed E-state index contributed by atoms with van der Waals surface area (Å²) in [5, 5.41) is 12.6. The summed E-state index contributed by atoms with van der Waals surface area (Å²) >= 11 is 0. The molecule has 4 nitrogen and oxygen atoms in total. The highest BCUT2D eigenvalue weighted by Gasteiger charge is 2.28. The summed E-state index contributed by atoms with van der Waals surface area (Å²) in [5.74, 6) is 0.204. The van der Waals surface area contributed by atoms with Gasteiger partial charge in [0.2, 0.25) is 0 Å². The zero-order valence-electron chi connectivity index (χ0n) is 15.1. The molecule has 0 radical (unpaired) electrons. The van der Waals surface area contributed by atoms with E-state index >= 15 is 0 Å². The van der Waals surface area contributed by atoms with E-state index in [-0.39, 0.29) is 24.8 Å². The average molecular weight is 359 g/mol. The molecule has 136 valence electrons. The number of carbonyl (C=O) groups is 1. The number of alkyl carbamates (subject to hydrolysis) is 1. The standard InChI is InChI=1S/C23H21NO3/c1-15-10-11-22(25)16(12-15)13-24-23(26)27-14-21-19-8-4-2-6-17(19)18-7-3-5-9-20(18)21/h2-12,21,25H,13-14H2,1H3,(H,24,26). The van der Waals surface area contributed by atoms with Crippen LogP contribution in [0.15, 0.2) is 66.7 Å². The van der Waals surface area contributed by atoms with Gasteiger partial charge in [-0.15, -0.1) is 0 Å². The van der Waals surface area contributed by atoms with E-state index in [4.69, 9.17) is 4.74 Å². The fourth-order valence-corrected chi connectivity index (χ4v) is 3.67. The Morgan fingerprint density at radius 1 is 1.00 bits per heavy atom. The SMILES string of the molecule is Cc1ccc(O)c(CNC(=O)OCC2c3ccccc3-c3ccccc32)c1. The zero-order chi connectivity index (χ0) is 18.8. The van der Waals surface area contributed by atoms with E-state index in [1.165, 1.54) is 22.3 Å². The predicted octanol–water partition coefficient (Wildman–Crippen LogP) is 4.74. The minimum Gasteiger partial charge on any atom is -0.508 e. The van der Waals surface area contributed by atoms with E-state index in [0.29, 0.717) is 5.56 Å². The zero-order valence-corrected chi connectivity index (χ0v) is 15.1. The van der Waals surface area contributed by atoms with Crippen molar-refractivity contribution in [3.8, 4) is 16.9 Å². The van der Waals surface area contributed by atoms with Crippen LogP contribution in [0, 0.1) is 6.92 Å². The first-order valence-corrected chi connectivity index (χ1v) is 9.01. The molecule has 0 aromatic heterocycles. The van der Waals surface area contributed by atoms with Crippen LogP contribution in [0.25, 0.3) is 11.1 Å². The van der Waals surface area contributed by atoms with E-state index < -0.39 is 6.09 Å². The molecule has 1 aliphatic rings. The van der Waals surface area contributed by atoms with Gasteiger partial charge in [-0.05, 0) is 35.2 Å². The number of phenols is 1. The van der Waals surface area contributed by atoms with Crippen molar-refractivity contribution in [2.45, 2.75) is 19.4 Å². The van der Waals surface area contributed by atoms with Crippen LogP contribution in [0.5, 0.6) is 5.75 Å². The molecule has 0 unspecified atom stereocenters. The minimum absolute atomic E-state index is 0.0375. The molecule has 0 saturated carbocycles. The van der Waals surface area contributed by atoms with Crippen molar-refractivity contribution >= 4 is 6.09 Å². The normalized spacial score (nSPS) is 12.3. The van der Waals surface area contributed by atoms with Crippen LogP contribution >= 0.6 is 0 Å². The number of aryl methyl sites for hydroxylation is 1. The van der Waals surface area contributed by atoms with Gasteiger partial charge in [0, 0.05) is 18.0 Å². The molecule has 1 aliphatic carbocycles. The number of ether oxygens (including phenoxy) is 1. The molecule has 2 N–H and O–H groups in total. The minimum atomic E-state index is -0.488. The number of rotatable bonds is 4. The number of hydrogen-bond donors (Lipinski definition) is 2. The first kappa shape index (κ1) is 17.2. The van der Waals surface area contributed by atoms with Crippen LogP contribution in [0.4, 0.5) is 4.79 Å². The fraction of sp³-hybridized carbons (Fsp3) is 0.174. The van der Waals surface area contributed by atoms with Crippen molar-refractivity contribution in [3.05, 3.63) is 89.0 Å². The van der Waals surface area contributed by atoms with Crippen LogP contribution in [-0.2, 0) is 11.3 Å². The van der Waals surface area contributed by atoms with Gasteiger partial charge in [-0.2, -0.15) is 0 Å². The van der Waals surface area contributed by atoms with Gasteiger partial charge in [0.05, 0.1) is 0 Å². The number of nitrogens with one attached hydrogen (secondary N) is 1. The first-order valence-electron chi connectivity index (χ1n) is 9.01. The number of fused-ring (bicyclic) bond motifs is 3. The maximum absolute atomic E-state index is 12.2. The largest absolute Gasteiger partial charge is 0.508 e. The summed E-state index contributed by atoms with van der Waals surface area (Å²) in [7, 11) is 0. The lowest BCUT2D eigenvalue weighted by Gasteiger charge is -2.15. The summed E-state index contributed by atoms with van der Waals surface area (Å²) in [5.41, 5.74) is 6.46. The van der Waals surface area contributed by atoms with E-state index in [2.05, 4.69) is 29.6 Å². The van der Waals surface area contributed by atoms with Crippen molar-refractivity contribution in [1.82, 2.24) is 5.32 Å². The Bertz CT molecular complexity index is 951. The van der Waals surface area contributed by atoms with E-state index in [1.54, 1.807) is 6.07 Å². The second-order valence-corrected chi connectivity index (χ2v) is 6.81. The molecule has 0 spiro atoms. The second-order valence-electron chi connectivity index (χ2n) is 6.81. The molecule has 0 saturated heterocycles. The Labute approximate surface area is 158 Å². The molecular weight excluding hydrogens is 338 g/mol. The lowest BCUT2D eigenvalue weighted by Crippen LogP contribution is -2.25. The molecule has 0 heterocycles. The fourth-order valence-electron chi connectivity index (χ4n) is 3.67. The van der Waals surface area contributed by atoms with Crippen LogP contribution in [0.1, 0.15) is 28.2 Å². The van der Waals surface area contributed by atoms with Gasteiger partial charge in [0.15, 0.2) is 0 Å². The number of hydrogen-bond acceptors (Lipinski definition) is 3. The molecule has 27 heavy (non-hydrogen) atoms. The number of aromatic hydroxyl groups is 1. The quantitative estimate of drug-likeness (QED) is 0.707. The van der Waals surface area contributed by atoms with Crippen LogP contribution in [-0.4, -0.2) is 17.8 Å². The van der Waals surface area contributed by atoms with Crippen LogP contribution in [0.3, 0.4) is 0 Å². The summed E-state index contributed by atoms with van der Waals surface area (Å²) in [6.07, 6.45) is -0.488. The van der Waals surface area contributed by atoms with Crippen LogP contribution in [0.2, 0.25) is 0 Å². The third-order valence-electron chi connectivity index (χ3n) is 5.00. The summed E-state index contributed by atoms with van der Waals surface area (Å²) in [6.45, 7) is 2.44. The third kappa shape index (κ3) is 3.38. The van der Waals surface area contributed by atoms with Gasteiger partial charge < -0.3 is 15.2 Å². The van der Waals surface area contributed by atoms with Crippen LogP contribution < -0.4 is 5.32 Å². The molecule has 4 rings (SSSR count). The van der Waals surface area contributed by atoms with E-state index in [9.17, 15) is 9.90 Å². The van der Waals surface area contributed by atoms with Crippen molar-refractivity contribution < 1.29 is 14.6 Å². The first-order chi connectivity index (χ1) is 13.1. The number of phenolic OH excluding ortho intramolecular Hbond substituents is 1. The second kappa shape index (κ2) is 7.16. The third-order valence-corrected chi connectivity index (χ3v) is 5.00. The molecule has 0 atom stereocenters. The van der Waals surface area contributed by atoms with Gasteiger partial charge >= 0.3 is 6.09 Å². The lowest BCUT2D eigenvalue weighted by atomic mass is 9.98. The Kier molecular flexibility index (Phi) is 4.55. The maximum atomic E-state index is 12.2. The van der Waals surface area contributed by atoms with Crippen molar-refractivity contribution in [2.75, 3.05) is 6.61 Å². The van der Waals surface area contributed by atoms with Crippen molar-refractivity contribution in [2.24, 2.45) is 0 Å². The molecule has 0 aliphatic heterocycles. The highest BCUT2D eigenvalue weighted by atomic mass is 16.5. The Hall–Kier alpha value is -3.27. The van der Waals surface area contributed by atoms with Gasteiger partial charge in [0.25, 0.3) is 0 Å². The molecule has 0 bridgehead atoms. The Morgan fingerprint density at radius 3 is 2.30 bits per heavy atom. The number of benzene rings is 3. The van der Waals surface area contributed by atoms with Crippen molar-refractivity contribution in [3.63, 3.8) is 0 Å². The molecule has 3 aromatic carbocycles. The molecular formula is C23H21NO3. The van der Waals surface area contributed by atoms with Gasteiger partial charge in [-0.1, -0.05) is 66.2 Å².